The Morgan fingerprint density at radius 1 is 1.00 bits per heavy atom. The van der Waals surface area contributed by atoms with E-state index in [9.17, 15) is 5.11 Å². The van der Waals surface area contributed by atoms with Crippen LogP contribution in [0.25, 0.3) is 0 Å². The van der Waals surface area contributed by atoms with Gasteiger partial charge in [-0.3, -0.25) is 4.90 Å². The Morgan fingerprint density at radius 2 is 1.76 bits per heavy atom. The van der Waals surface area contributed by atoms with E-state index in [-0.39, 0.29) is 0 Å². The molecule has 1 aliphatic carbocycles. The second kappa shape index (κ2) is 10.2. The van der Waals surface area contributed by atoms with Crippen LogP contribution in [0, 0.1) is 0 Å². The van der Waals surface area contributed by atoms with Crippen molar-refractivity contribution in [3.63, 3.8) is 0 Å². The Balaban J connectivity index is 1.18. The van der Waals surface area contributed by atoms with E-state index < -0.39 is 6.10 Å². The van der Waals surface area contributed by atoms with Crippen molar-refractivity contribution in [1.82, 2.24) is 10.2 Å². The average molecular weight is 395 g/mol. The fraction of sp³-hybridized carbons (Fsp3) is 0.520. The van der Waals surface area contributed by atoms with Gasteiger partial charge in [-0.2, -0.15) is 0 Å². The Kier molecular flexibility index (Phi) is 7.20. The molecule has 1 aliphatic heterocycles. The van der Waals surface area contributed by atoms with Gasteiger partial charge in [-0.25, -0.2) is 0 Å². The van der Waals surface area contributed by atoms with Gasteiger partial charge in [0.1, 0.15) is 18.5 Å². The summed E-state index contributed by atoms with van der Waals surface area (Å²) in [6.07, 6.45) is 7.30. The number of nitrogens with one attached hydrogen (secondary N) is 1. The third-order valence-electron chi connectivity index (χ3n) is 6.24. The average Bonchev–Trinajstić information content (AvgIpc) is 2.77. The molecule has 4 nitrogen and oxygen atoms in total. The zero-order valence-corrected chi connectivity index (χ0v) is 17.4. The van der Waals surface area contributed by atoms with Gasteiger partial charge < -0.3 is 15.2 Å². The summed E-state index contributed by atoms with van der Waals surface area (Å²) in [5.41, 5.74) is 4.10. The van der Waals surface area contributed by atoms with E-state index in [1.165, 1.54) is 48.8 Å². The van der Waals surface area contributed by atoms with Crippen molar-refractivity contribution >= 4 is 0 Å². The standard InChI is InChI=1S/C25H34N2O2/c28-24(18-27-15-14-21-6-4-5-7-22(21)17-27)19-29-25-12-10-20(11-13-25)16-26-23-8-2-1-3-9-23/h4-7,10-13,23-24,26,28H,1-3,8-9,14-19H2. The van der Waals surface area contributed by atoms with Gasteiger partial charge in [-0.1, -0.05) is 55.7 Å². The molecule has 1 unspecified atom stereocenters. The molecule has 156 valence electrons. The Bertz CT molecular complexity index is 756. The number of aliphatic hydroxyl groups is 1. The van der Waals surface area contributed by atoms with Crippen LogP contribution in [0.5, 0.6) is 5.75 Å². The van der Waals surface area contributed by atoms with Crippen molar-refractivity contribution in [2.24, 2.45) is 0 Å². The minimum atomic E-state index is -0.479. The van der Waals surface area contributed by atoms with Crippen molar-refractivity contribution in [3.05, 3.63) is 65.2 Å². The smallest absolute Gasteiger partial charge is 0.119 e. The number of β-amino-alcohol motifs (C(OH)–C–C–N with tert-alkyl or cyclic N) is 1. The molecular weight excluding hydrogens is 360 g/mol. The third-order valence-corrected chi connectivity index (χ3v) is 6.24. The molecule has 2 aromatic carbocycles. The minimum Gasteiger partial charge on any atom is -0.491 e. The van der Waals surface area contributed by atoms with E-state index in [1.54, 1.807) is 0 Å². The minimum absolute atomic E-state index is 0.331. The van der Waals surface area contributed by atoms with Gasteiger partial charge in [-0.15, -0.1) is 0 Å². The summed E-state index contributed by atoms with van der Waals surface area (Å²) in [5, 5.41) is 14.1. The molecular formula is C25H34N2O2. The van der Waals surface area contributed by atoms with Crippen LogP contribution in [0.3, 0.4) is 0 Å². The predicted molar refractivity (Wildman–Crippen MR) is 117 cm³/mol. The van der Waals surface area contributed by atoms with Gasteiger partial charge in [0.2, 0.25) is 0 Å². The van der Waals surface area contributed by atoms with Crippen molar-refractivity contribution in [2.45, 2.75) is 63.8 Å². The first-order valence-electron chi connectivity index (χ1n) is 11.2. The number of rotatable bonds is 8. The molecule has 0 bridgehead atoms. The van der Waals surface area contributed by atoms with E-state index >= 15 is 0 Å². The molecule has 1 atom stereocenters. The van der Waals surface area contributed by atoms with Crippen molar-refractivity contribution in [2.75, 3.05) is 19.7 Å². The fourth-order valence-corrected chi connectivity index (χ4v) is 4.53. The monoisotopic (exact) mass is 394 g/mol. The zero-order valence-electron chi connectivity index (χ0n) is 17.4. The van der Waals surface area contributed by atoms with E-state index in [0.29, 0.717) is 19.2 Å². The van der Waals surface area contributed by atoms with Crippen LogP contribution in [-0.4, -0.2) is 41.8 Å². The molecule has 4 heteroatoms. The summed E-state index contributed by atoms with van der Waals surface area (Å²) in [5.74, 6) is 0.828. The Hall–Kier alpha value is -1.88. The number of hydrogen-bond donors (Lipinski definition) is 2. The lowest BCUT2D eigenvalue weighted by molar-refractivity contribution is 0.0638. The van der Waals surface area contributed by atoms with Crippen LogP contribution in [0.15, 0.2) is 48.5 Å². The highest BCUT2D eigenvalue weighted by Gasteiger charge is 2.18. The van der Waals surface area contributed by atoms with Gasteiger partial charge in [0, 0.05) is 32.2 Å². The number of benzene rings is 2. The molecule has 0 amide bonds. The maximum atomic E-state index is 10.4. The van der Waals surface area contributed by atoms with Crippen molar-refractivity contribution < 1.29 is 9.84 Å². The zero-order chi connectivity index (χ0) is 19.9. The highest BCUT2D eigenvalue weighted by Crippen LogP contribution is 2.20. The van der Waals surface area contributed by atoms with Gasteiger partial charge in [0.25, 0.3) is 0 Å². The van der Waals surface area contributed by atoms with Crippen LogP contribution in [0.1, 0.15) is 48.8 Å². The van der Waals surface area contributed by atoms with Crippen LogP contribution in [0.4, 0.5) is 0 Å². The van der Waals surface area contributed by atoms with Gasteiger partial charge in [-0.05, 0) is 48.1 Å². The van der Waals surface area contributed by atoms with Gasteiger partial charge >= 0.3 is 0 Å². The number of ether oxygens (including phenoxy) is 1. The topological polar surface area (TPSA) is 44.7 Å². The van der Waals surface area contributed by atoms with Gasteiger partial charge in [0.15, 0.2) is 0 Å². The largest absolute Gasteiger partial charge is 0.491 e. The second-order valence-electron chi connectivity index (χ2n) is 8.58. The first kappa shape index (κ1) is 20.4. The summed E-state index contributed by atoms with van der Waals surface area (Å²) >= 11 is 0. The summed E-state index contributed by atoms with van der Waals surface area (Å²) in [7, 11) is 0. The maximum absolute atomic E-state index is 10.4. The highest BCUT2D eigenvalue weighted by atomic mass is 16.5. The molecule has 1 saturated carbocycles. The maximum Gasteiger partial charge on any atom is 0.119 e. The number of fused-ring (bicyclic) bond motifs is 1. The van der Waals surface area contributed by atoms with E-state index in [0.717, 1.165) is 31.8 Å². The van der Waals surface area contributed by atoms with Gasteiger partial charge in [0.05, 0.1) is 0 Å². The first-order chi connectivity index (χ1) is 14.3. The van der Waals surface area contributed by atoms with Crippen LogP contribution in [-0.2, 0) is 19.5 Å². The van der Waals surface area contributed by atoms with E-state index in [4.69, 9.17) is 4.74 Å². The fourth-order valence-electron chi connectivity index (χ4n) is 4.53. The summed E-state index contributed by atoms with van der Waals surface area (Å²) in [6, 6.07) is 17.6. The van der Waals surface area contributed by atoms with Crippen LogP contribution >= 0.6 is 0 Å². The summed E-state index contributed by atoms with van der Waals surface area (Å²) < 4.78 is 5.83. The lowest BCUT2D eigenvalue weighted by atomic mass is 9.95. The second-order valence-corrected chi connectivity index (χ2v) is 8.58. The highest BCUT2D eigenvalue weighted by molar-refractivity contribution is 5.29. The molecule has 0 aromatic heterocycles. The summed E-state index contributed by atoms with van der Waals surface area (Å²) in [4.78, 5) is 2.32. The lowest BCUT2D eigenvalue weighted by Crippen LogP contribution is -2.38. The molecule has 1 heterocycles. The summed E-state index contributed by atoms with van der Waals surface area (Å²) in [6.45, 7) is 3.81. The Morgan fingerprint density at radius 3 is 2.55 bits per heavy atom. The van der Waals surface area contributed by atoms with E-state index in [1.807, 2.05) is 12.1 Å². The molecule has 29 heavy (non-hydrogen) atoms. The quantitative estimate of drug-likeness (QED) is 0.713. The van der Waals surface area contributed by atoms with Crippen molar-refractivity contribution in [1.29, 1.82) is 0 Å². The van der Waals surface area contributed by atoms with E-state index in [2.05, 4.69) is 46.6 Å². The Labute approximate surface area is 174 Å². The van der Waals surface area contributed by atoms with Crippen molar-refractivity contribution in [3.8, 4) is 5.75 Å². The molecule has 0 spiro atoms. The number of aliphatic hydroxyl groups excluding tert-OH is 1. The molecule has 2 aliphatic rings. The van der Waals surface area contributed by atoms with Crippen LogP contribution in [0.2, 0.25) is 0 Å². The SMILES string of the molecule is OC(COc1ccc(CNC2CCCCC2)cc1)CN1CCc2ccccc2C1. The molecule has 4 rings (SSSR count). The number of nitrogens with zero attached hydrogens (tertiary/aromatic N) is 1. The first-order valence-corrected chi connectivity index (χ1v) is 11.2. The number of hydrogen-bond acceptors (Lipinski definition) is 4. The van der Waals surface area contributed by atoms with Crippen LogP contribution < -0.4 is 10.1 Å². The lowest BCUT2D eigenvalue weighted by Gasteiger charge is -2.30. The predicted octanol–water partition coefficient (Wildman–Crippen LogP) is 3.91. The third kappa shape index (κ3) is 6.05. The normalized spacial score (nSPS) is 18.9. The molecule has 0 saturated heterocycles. The molecule has 2 N–H and O–H groups in total. The molecule has 2 aromatic rings. The molecule has 1 fully saturated rings. The molecule has 0 radical (unpaired) electrons.